The monoisotopic (exact) mass is 267 g/mol. The van der Waals surface area contributed by atoms with Crippen LogP contribution in [0.15, 0.2) is 42.6 Å². The van der Waals surface area contributed by atoms with Gasteiger partial charge in [-0.15, -0.1) is 0 Å². The molecule has 0 bridgehead atoms. The number of carbonyl (C=O) groups is 1. The zero-order valence-corrected chi connectivity index (χ0v) is 11.2. The standard InChI is InChI=1S/C16H17N3O/c17-14-8-10-19(11-14)15(20)7-6-13-4-1-3-12-5-2-9-18-16(12)13/h1-7,9,14H,8,10-11,17H2. The molecule has 1 amide bonds. The molecular weight excluding hydrogens is 250 g/mol. The first-order valence-corrected chi connectivity index (χ1v) is 6.80. The van der Waals surface area contributed by atoms with Crippen LogP contribution in [0.4, 0.5) is 0 Å². The summed E-state index contributed by atoms with van der Waals surface area (Å²) in [7, 11) is 0. The Bertz CT molecular complexity index is 660. The van der Waals surface area contributed by atoms with Crippen molar-refractivity contribution in [2.24, 2.45) is 5.73 Å². The van der Waals surface area contributed by atoms with Gasteiger partial charge in [-0.2, -0.15) is 0 Å². The molecule has 1 aliphatic heterocycles. The summed E-state index contributed by atoms with van der Waals surface area (Å²) in [6, 6.07) is 10.00. The van der Waals surface area contributed by atoms with E-state index in [0.29, 0.717) is 6.54 Å². The SMILES string of the molecule is NC1CCN(C(=O)C=Cc2cccc3cccnc23)C1. The van der Waals surface area contributed by atoms with E-state index < -0.39 is 0 Å². The van der Waals surface area contributed by atoms with Gasteiger partial charge in [0.25, 0.3) is 0 Å². The highest BCUT2D eigenvalue weighted by Crippen LogP contribution is 2.17. The second-order valence-electron chi connectivity index (χ2n) is 5.09. The Morgan fingerprint density at radius 3 is 3.00 bits per heavy atom. The molecule has 1 unspecified atom stereocenters. The summed E-state index contributed by atoms with van der Waals surface area (Å²) in [5, 5.41) is 1.07. The van der Waals surface area contributed by atoms with Crippen molar-refractivity contribution >= 4 is 22.9 Å². The van der Waals surface area contributed by atoms with E-state index in [1.165, 1.54) is 0 Å². The van der Waals surface area contributed by atoms with Crippen LogP contribution >= 0.6 is 0 Å². The predicted octanol–water partition coefficient (Wildman–Crippen LogP) is 1.81. The molecule has 2 N–H and O–H groups in total. The van der Waals surface area contributed by atoms with Crippen LogP contribution in [0.2, 0.25) is 0 Å². The summed E-state index contributed by atoms with van der Waals surface area (Å²) in [4.78, 5) is 18.2. The lowest BCUT2D eigenvalue weighted by atomic mass is 10.1. The summed E-state index contributed by atoms with van der Waals surface area (Å²) in [6.45, 7) is 1.40. The second kappa shape index (κ2) is 5.43. The summed E-state index contributed by atoms with van der Waals surface area (Å²) in [5.74, 6) is 0.0193. The zero-order chi connectivity index (χ0) is 13.9. The number of amides is 1. The molecule has 2 aromatic rings. The van der Waals surface area contributed by atoms with Gasteiger partial charge in [-0.25, -0.2) is 0 Å². The minimum absolute atomic E-state index is 0.0193. The van der Waals surface area contributed by atoms with E-state index in [-0.39, 0.29) is 11.9 Å². The van der Waals surface area contributed by atoms with E-state index in [2.05, 4.69) is 4.98 Å². The van der Waals surface area contributed by atoms with Crippen molar-refractivity contribution in [3.05, 3.63) is 48.2 Å². The summed E-state index contributed by atoms with van der Waals surface area (Å²) < 4.78 is 0. The van der Waals surface area contributed by atoms with Crippen LogP contribution in [0.5, 0.6) is 0 Å². The highest BCUT2D eigenvalue weighted by atomic mass is 16.2. The van der Waals surface area contributed by atoms with Crippen LogP contribution in [-0.4, -0.2) is 34.9 Å². The first-order valence-electron chi connectivity index (χ1n) is 6.80. The molecule has 0 radical (unpaired) electrons. The van der Waals surface area contributed by atoms with Crippen molar-refractivity contribution in [1.29, 1.82) is 0 Å². The Morgan fingerprint density at radius 1 is 1.35 bits per heavy atom. The van der Waals surface area contributed by atoms with Crippen molar-refractivity contribution < 1.29 is 4.79 Å². The second-order valence-corrected chi connectivity index (χ2v) is 5.09. The van der Waals surface area contributed by atoms with Crippen LogP contribution in [0.1, 0.15) is 12.0 Å². The number of para-hydroxylation sites is 1. The third-order valence-corrected chi connectivity index (χ3v) is 3.61. The van der Waals surface area contributed by atoms with Crippen LogP contribution in [0.25, 0.3) is 17.0 Å². The van der Waals surface area contributed by atoms with E-state index in [1.807, 2.05) is 36.4 Å². The van der Waals surface area contributed by atoms with Crippen LogP contribution in [-0.2, 0) is 4.79 Å². The van der Waals surface area contributed by atoms with Gasteiger partial charge in [0.15, 0.2) is 0 Å². The van der Waals surface area contributed by atoms with Gasteiger partial charge in [0, 0.05) is 42.4 Å². The smallest absolute Gasteiger partial charge is 0.246 e. The number of pyridine rings is 1. The Kier molecular flexibility index (Phi) is 3.48. The minimum Gasteiger partial charge on any atom is -0.338 e. The molecule has 102 valence electrons. The highest BCUT2D eigenvalue weighted by Gasteiger charge is 2.21. The molecule has 1 fully saturated rings. The van der Waals surface area contributed by atoms with Gasteiger partial charge in [0.1, 0.15) is 0 Å². The van der Waals surface area contributed by atoms with Crippen LogP contribution < -0.4 is 5.73 Å². The number of hydrogen-bond acceptors (Lipinski definition) is 3. The summed E-state index contributed by atoms with van der Waals surface area (Å²) in [5.41, 5.74) is 7.69. The minimum atomic E-state index is 0.0193. The molecule has 2 heterocycles. The largest absolute Gasteiger partial charge is 0.338 e. The fourth-order valence-electron chi connectivity index (χ4n) is 2.52. The Balaban J connectivity index is 1.82. The van der Waals surface area contributed by atoms with E-state index >= 15 is 0 Å². The lowest BCUT2D eigenvalue weighted by molar-refractivity contribution is -0.124. The van der Waals surface area contributed by atoms with Crippen molar-refractivity contribution in [3.63, 3.8) is 0 Å². The van der Waals surface area contributed by atoms with Crippen molar-refractivity contribution in [2.75, 3.05) is 13.1 Å². The number of hydrogen-bond donors (Lipinski definition) is 1. The molecule has 0 aliphatic carbocycles. The molecule has 4 nitrogen and oxygen atoms in total. The Morgan fingerprint density at radius 2 is 2.20 bits per heavy atom. The summed E-state index contributed by atoms with van der Waals surface area (Å²) in [6.07, 6.45) is 6.10. The van der Waals surface area contributed by atoms with E-state index in [9.17, 15) is 4.79 Å². The van der Waals surface area contributed by atoms with Gasteiger partial charge in [0.2, 0.25) is 5.91 Å². The number of rotatable bonds is 2. The zero-order valence-electron chi connectivity index (χ0n) is 11.2. The average molecular weight is 267 g/mol. The molecule has 1 aliphatic rings. The van der Waals surface area contributed by atoms with Crippen LogP contribution in [0.3, 0.4) is 0 Å². The van der Waals surface area contributed by atoms with E-state index in [1.54, 1.807) is 17.2 Å². The fourth-order valence-corrected chi connectivity index (χ4v) is 2.52. The maximum Gasteiger partial charge on any atom is 0.246 e. The van der Waals surface area contributed by atoms with Gasteiger partial charge in [-0.1, -0.05) is 24.3 Å². The fraction of sp³-hybridized carbons (Fsp3) is 0.250. The van der Waals surface area contributed by atoms with E-state index in [0.717, 1.165) is 29.4 Å². The molecule has 1 atom stereocenters. The van der Waals surface area contributed by atoms with Gasteiger partial charge in [0.05, 0.1) is 5.52 Å². The maximum absolute atomic E-state index is 12.1. The van der Waals surface area contributed by atoms with Crippen molar-refractivity contribution in [1.82, 2.24) is 9.88 Å². The quantitative estimate of drug-likeness (QED) is 0.844. The molecular formula is C16H17N3O. The number of nitrogens with two attached hydrogens (primary N) is 1. The lowest BCUT2D eigenvalue weighted by Crippen LogP contribution is -2.30. The lowest BCUT2D eigenvalue weighted by Gasteiger charge is -2.12. The average Bonchev–Trinajstić information content (AvgIpc) is 2.91. The number of fused-ring (bicyclic) bond motifs is 1. The topological polar surface area (TPSA) is 59.2 Å². The predicted molar refractivity (Wildman–Crippen MR) is 79.9 cm³/mol. The highest BCUT2D eigenvalue weighted by molar-refractivity contribution is 5.95. The van der Waals surface area contributed by atoms with Crippen molar-refractivity contribution in [3.8, 4) is 0 Å². The first kappa shape index (κ1) is 12.8. The molecule has 1 saturated heterocycles. The number of aromatic nitrogens is 1. The first-order chi connectivity index (χ1) is 9.74. The normalized spacial score (nSPS) is 19.1. The Labute approximate surface area is 117 Å². The van der Waals surface area contributed by atoms with Crippen molar-refractivity contribution in [2.45, 2.75) is 12.5 Å². The molecule has 3 rings (SSSR count). The molecule has 20 heavy (non-hydrogen) atoms. The number of nitrogens with zero attached hydrogens (tertiary/aromatic N) is 2. The maximum atomic E-state index is 12.1. The number of benzene rings is 1. The van der Waals surface area contributed by atoms with Gasteiger partial charge in [-0.05, 0) is 18.6 Å². The Hall–Kier alpha value is -2.20. The van der Waals surface area contributed by atoms with Gasteiger partial charge in [-0.3, -0.25) is 9.78 Å². The van der Waals surface area contributed by atoms with Gasteiger partial charge >= 0.3 is 0 Å². The number of likely N-dealkylation sites (tertiary alicyclic amines) is 1. The molecule has 0 spiro atoms. The molecule has 0 saturated carbocycles. The molecule has 4 heteroatoms. The third-order valence-electron chi connectivity index (χ3n) is 3.61. The summed E-state index contributed by atoms with van der Waals surface area (Å²) >= 11 is 0. The van der Waals surface area contributed by atoms with Crippen LogP contribution in [0, 0.1) is 0 Å². The van der Waals surface area contributed by atoms with E-state index in [4.69, 9.17) is 5.73 Å². The third kappa shape index (κ3) is 2.56. The van der Waals surface area contributed by atoms with Gasteiger partial charge < -0.3 is 10.6 Å². The number of carbonyl (C=O) groups excluding carboxylic acids is 1. The molecule has 1 aromatic carbocycles. The molecule has 1 aromatic heterocycles.